The summed E-state index contributed by atoms with van der Waals surface area (Å²) in [4.78, 5) is 27.0. The van der Waals surface area contributed by atoms with E-state index in [1.54, 1.807) is 41.7 Å². The summed E-state index contributed by atoms with van der Waals surface area (Å²) in [5.74, 6) is -0.576. The maximum absolute atomic E-state index is 12.4. The van der Waals surface area contributed by atoms with Gasteiger partial charge in [0, 0.05) is 31.1 Å². The SMILES string of the molecule is O=C(CSC1CC=C(c2cccc(C(=O)O)c2)S1)NC[C@H]1CN(Cc2ccc(Cl)c(Cl)c2)CCO1. The van der Waals surface area contributed by atoms with Crippen molar-refractivity contribution in [2.24, 2.45) is 0 Å². The number of amides is 1. The Morgan fingerprint density at radius 3 is 2.86 bits per heavy atom. The van der Waals surface area contributed by atoms with Gasteiger partial charge < -0.3 is 15.2 Å². The van der Waals surface area contributed by atoms with E-state index in [0.717, 1.165) is 42.1 Å². The fourth-order valence-electron chi connectivity index (χ4n) is 3.93. The number of hydrogen-bond acceptors (Lipinski definition) is 6. The van der Waals surface area contributed by atoms with Crippen LogP contribution >= 0.6 is 46.7 Å². The minimum atomic E-state index is -0.933. The highest BCUT2D eigenvalue weighted by Gasteiger charge is 2.23. The number of carboxylic acids is 1. The van der Waals surface area contributed by atoms with E-state index in [1.807, 2.05) is 24.3 Å². The van der Waals surface area contributed by atoms with Gasteiger partial charge in [0.05, 0.1) is 38.7 Å². The van der Waals surface area contributed by atoms with E-state index in [9.17, 15) is 14.7 Å². The summed E-state index contributed by atoms with van der Waals surface area (Å²) in [5.41, 5.74) is 2.28. The first-order chi connectivity index (χ1) is 16.9. The molecule has 0 bridgehead atoms. The number of halogens is 2. The van der Waals surface area contributed by atoms with Crippen LogP contribution in [0.15, 0.2) is 48.5 Å². The molecule has 6 nitrogen and oxygen atoms in total. The van der Waals surface area contributed by atoms with E-state index in [-0.39, 0.29) is 22.2 Å². The Morgan fingerprint density at radius 2 is 2.06 bits per heavy atom. The molecule has 0 saturated carbocycles. The second-order valence-electron chi connectivity index (χ2n) is 8.33. The van der Waals surface area contributed by atoms with Crippen LogP contribution in [0.2, 0.25) is 10.0 Å². The molecule has 1 fully saturated rings. The van der Waals surface area contributed by atoms with E-state index in [1.165, 1.54) is 0 Å². The summed E-state index contributed by atoms with van der Waals surface area (Å²) in [6.07, 6.45) is 2.89. The number of ether oxygens (including phenoxy) is 1. The van der Waals surface area contributed by atoms with Crippen molar-refractivity contribution in [2.45, 2.75) is 23.7 Å². The van der Waals surface area contributed by atoms with E-state index < -0.39 is 5.97 Å². The average molecular weight is 554 g/mol. The number of carboxylic acid groups (broad SMARTS) is 1. The van der Waals surface area contributed by atoms with Crippen molar-refractivity contribution in [3.05, 3.63) is 75.3 Å². The quantitative estimate of drug-likeness (QED) is 0.440. The predicted molar refractivity (Wildman–Crippen MR) is 144 cm³/mol. The minimum absolute atomic E-state index is 0.0119. The van der Waals surface area contributed by atoms with Crippen LogP contribution in [0.3, 0.4) is 0 Å². The third-order valence-electron chi connectivity index (χ3n) is 5.69. The Labute approximate surface area is 223 Å². The van der Waals surface area contributed by atoms with Crippen LogP contribution in [0.1, 0.15) is 27.9 Å². The fraction of sp³-hybridized carbons (Fsp3) is 0.360. The first-order valence-corrected chi connectivity index (χ1v) is 13.9. The second kappa shape index (κ2) is 12.5. The van der Waals surface area contributed by atoms with Gasteiger partial charge in [-0.25, -0.2) is 4.79 Å². The highest BCUT2D eigenvalue weighted by atomic mass is 35.5. The lowest BCUT2D eigenvalue weighted by molar-refractivity contribution is -0.119. The normalized spacial score (nSPS) is 20.5. The van der Waals surface area contributed by atoms with Gasteiger partial charge in [-0.1, -0.05) is 47.5 Å². The second-order valence-corrected chi connectivity index (χ2v) is 11.9. The zero-order valence-electron chi connectivity index (χ0n) is 18.9. The number of morpholine rings is 1. The summed E-state index contributed by atoms with van der Waals surface area (Å²) in [5, 5.41) is 13.3. The average Bonchev–Trinajstić information content (AvgIpc) is 3.33. The molecule has 1 amide bonds. The Kier molecular flexibility index (Phi) is 9.44. The number of thioether (sulfide) groups is 2. The van der Waals surface area contributed by atoms with Gasteiger partial charge in [0.15, 0.2) is 0 Å². The van der Waals surface area contributed by atoms with Crippen LogP contribution in [-0.2, 0) is 16.1 Å². The number of benzene rings is 2. The molecule has 35 heavy (non-hydrogen) atoms. The van der Waals surface area contributed by atoms with Crippen molar-refractivity contribution in [2.75, 3.05) is 32.0 Å². The zero-order chi connectivity index (χ0) is 24.8. The van der Waals surface area contributed by atoms with Gasteiger partial charge in [-0.3, -0.25) is 9.69 Å². The van der Waals surface area contributed by atoms with E-state index in [4.69, 9.17) is 27.9 Å². The maximum Gasteiger partial charge on any atom is 0.335 e. The molecule has 10 heteroatoms. The van der Waals surface area contributed by atoms with Crippen molar-refractivity contribution in [3.8, 4) is 0 Å². The smallest absolute Gasteiger partial charge is 0.335 e. The van der Waals surface area contributed by atoms with Gasteiger partial charge in [-0.15, -0.1) is 23.5 Å². The first-order valence-electron chi connectivity index (χ1n) is 11.2. The topological polar surface area (TPSA) is 78.9 Å². The minimum Gasteiger partial charge on any atom is -0.478 e. The molecule has 1 saturated heterocycles. The molecule has 2 heterocycles. The fourth-order valence-corrected chi connectivity index (χ4v) is 6.64. The number of nitrogens with one attached hydrogen (secondary N) is 1. The van der Waals surface area contributed by atoms with E-state index in [0.29, 0.717) is 28.9 Å². The summed E-state index contributed by atoms with van der Waals surface area (Å²) in [6, 6.07) is 12.6. The van der Waals surface area contributed by atoms with Gasteiger partial charge in [0.2, 0.25) is 5.91 Å². The van der Waals surface area contributed by atoms with Crippen LogP contribution in [0.4, 0.5) is 0 Å². The molecule has 0 spiro atoms. The summed E-state index contributed by atoms with van der Waals surface area (Å²) < 4.78 is 6.08. The number of rotatable bonds is 9. The summed E-state index contributed by atoms with van der Waals surface area (Å²) in [7, 11) is 0. The zero-order valence-corrected chi connectivity index (χ0v) is 22.1. The number of carbonyl (C=O) groups is 2. The van der Waals surface area contributed by atoms with E-state index in [2.05, 4.69) is 16.3 Å². The number of aromatic carboxylic acids is 1. The lowest BCUT2D eigenvalue weighted by Gasteiger charge is -2.33. The van der Waals surface area contributed by atoms with E-state index >= 15 is 0 Å². The highest BCUT2D eigenvalue weighted by Crippen LogP contribution is 2.44. The molecule has 2 N–H and O–H groups in total. The van der Waals surface area contributed by atoms with Crippen molar-refractivity contribution >= 4 is 63.5 Å². The number of carbonyl (C=O) groups excluding carboxylic acids is 1. The molecule has 0 radical (unpaired) electrons. The molecule has 2 atom stereocenters. The molecule has 0 aliphatic carbocycles. The Balaban J connectivity index is 1.17. The number of allylic oxidation sites excluding steroid dienone is 1. The standard InChI is InChI=1S/C25H26Cl2N2O4S2/c26-20-5-4-16(10-21(20)27)13-29-8-9-33-19(14-29)12-28-23(30)15-34-24-7-6-22(35-24)17-2-1-3-18(11-17)25(31)32/h1-6,10-11,19,24H,7-9,12-15H2,(H,28,30)(H,31,32)/t19-,24?/m0/s1. The predicted octanol–water partition coefficient (Wildman–Crippen LogP) is 5.25. The van der Waals surface area contributed by atoms with Crippen LogP contribution in [0.5, 0.6) is 0 Å². The van der Waals surface area contributed by atoms with Crippen molar-refractivity contribution in [3.63, 3.8) is 0 Å². The third kappa shape index (κ3) is 7.65. The van der Waals surface area contributed by atoms with Gasteiger partial charge in [0.1, 0.15) is 0 Å². The van der Waals surface area contributed by atoms with Crippen LogP contribution in [0.25, 0.3) is 4.91 Å². The Hall–Kier alpha value is -1.68. The summed E-state index contributed by atoms with van der Waals surface area (Å²) in [6.45, 7) is 3.40. The molecule has 2 aromatic carbocycles. The molecule has 2 aliphatic heterocycles. The van der Waals surface area contributed by atoms with Crippen molar-refractivity contribution < 1.29 is 19.4 Å². The molecule has 1 unspecified atom stereocenters. The molecule has 0 aromatic heterocycles. The lowest BCUT2D eigenvalue weighted by Crippen LogP contribution is -2.47. The number of hydrogen-bond donors (Lipinski definition) is 2. The number of nitrogens with zero attached hydrogens (tertiary/aromatic N) is 1. The molecule has 186 valence electrons. The van der Waals surface area contributed by atoms with Crippen LogP contribution in [-0.4, -0.2) is 64.6 Å². The lowest BCUT2D eigenvalue weighted by atomic mass is 10.1. The molecule has 2 aromatic rings. The van der Waals surface area contributed by atoms with Gasteiger partial charge in [-0.05, 0) is 41.8 Å². The van der Waals surface area contributed by atoms with Crippen molar-refractivity contribution in [1.29, 1.82) is 0 Å². The largest absolute Gasteiger partial charge is 0.478 e. The van der Waals surface area contributed by atoms with Crippen LogP contribution in [0, 0.1) is 0 Å². The highest BCUT2D eigenvalue weighted by molar-refractivity contribution is 8.22. The summed E-state index contributed by atoms with van der Waals surface area (Å²) >= 11 is 15.4. The third-order valence-corrected chi connectivity index (χ3v) is 9.23. The van der Waals surface area contributed by atoms with Gasteiger partial charge >= 0.3 is 5.97 Å². The van der Waals surface area contributed by atoms with Gasteiger partial charge in [-0.2, -0.15) is 0 Å². The molecule has 2 aliphatic rings. The monoisotopic (exact) mass is 552 g/mol. The molecule has 4 rings (SSSR count). The maximum atomic E-state index is 12.4. The van der Waals surface area contributed by atoms with Crippen LogP contribution < -0.4 is 5.32 Å². The Bertz CT molecular complexity index is 1110. The molecular weight excluding hydrogens is 527 g/mol. The molecular formula is C25H26Cl2N2O4S2. The Morgan fingerprint density at radius 1 is 1.20 bits per heavy atom. The first kappa shape index (κ1) is 26.4. The van der Waals surface area contributed by atoms with Crippen molar-refractivity contribution in [1.82, 2.24) is 10.2 Å². The van der Waals surface area contributed by atoms with Gasteiger partial charge in [0.25, 0.3) is 0 Å².